The monoisotopic (exact) mass is 249 g/mol. The van der Waals surface area contributed by atoms with Gasteiger partial charge in [0.05, 0.1) is 11.9 Å². The number of aliphatic carboxylic acids is 1. The highest BCUT2D eigenvalue weighted by Gasteiger charge is 2.40. The Labute approximate surface area is 104 Å². The van der Waals surface area contributed by atoms with E-state index in [-0.39, 0.29) is 17.5 Å². The molecule has 2 unspecified atom stereocenters. The minimum atomic E-state index is -0.969. The number of carboxylic acid groups (broad SMARTS) is 1. The third-order valence-corrected chi connectivity index (χ3v) is 3.22. The van der Waals surface area contributed by atoms with Gasteiger partial charge in [0, 0.05) is 6.54 Å². The number of hydrogen-bond acceptors (Lipinski definition) is 4. The van der Waals surface area contributed by atoms with Crippen molar-refractivity contribution in [1.82, 2.24) is 9.88 Å². The average molecular weight is 249 g/mol. The first kappa shape index (κ1) is 12.3. The van der Waals surface area contributed by atoms with Crippen molar-refractivity contribution >= 4 is 17.6 Å². The number of hydrogen-bond donors (Lipinski definition) is 2. The second-order valence-corrected chi connectivity index (χ2v) is 4.52. The third-order valence-electron chi connectivity index (χ3n) is 3.22. The average Bonchev–Trinajstić information content (AvgIpc) is 2.71. The van der Waals surface area contributed by atoms with Crippen molar-refractivity contribution in [3.05, 3.63) is 24.0 Å². The Morgan fingerprint density at radius 1 is 1.50 bits per heavy atom. The van der Waals surface area contributed by atoms with Crippen molar-refractivity contribution < 1.29 is 14.7 Å². The highest BCUT2D eigenvalue weighted by molar-refractivity contribution is 5.95. The molecule has 0 bridgehead atoms. The van der Waals surface area contributed by atoms with Crippen LogP contribution in [0.25, 0.3) is 0 Å². The topological polar surface area (TPSA) is 96.5 Å². The lowest BCUT2D eigenvalue weighted by molar-refractivity contribution is -0.142. The molecule has 2 heterocycles. The number of rotatable bonds is 2. The lowest BCUT2D eigenvalue weighted by Crippen LogP contribution is -2.43. The molecule has 1 saturated heterocycles. The maximum atomic E-state index is 12.2. The Bertz CT molecular complexity index is 472. The van der Waals surface area contributed by atoms with E-state index in [0.717, 1.165) is 0 Å². The van der Waals surface area contributed by atoms with Gasteiger partial charge in [-0.25, -0.2) is 9.78 Å². The summed E-state index contributed by atoms with van der Waals surface area (Å²) in [7, 11) is 0. The molecule has 1 aromatic heterocycles. The summed E-state index contributed by atoms with van der Waals surface area (Å²) in [6.45, 7) is 2.28. The van der Waals surface area contributed by atoms with Crippen molar-refractivity contribution in [3.63, 3.8) is 0 Å². The van der Waals surface area contributed by atoms with Crippen LogP contribution in [0, 0.1) is 5.92 Å². The van der Waals surface area contributed by atoms with Crippen molar-refractivity contribution in [2.24, 2.45) is 5.92 Å². The first-order valence-corrected chi connectivity index (χ1v) is 5.76. The molecule has 6 heteroatoms. The fraction of sp³-hybridized carbons (Fsp3) is 0.417. The second-order valence-electron chi connectivity index (χ2n) is 4.52. The smallest absolute Gasteiger partial charge is 0.326 e. The van der Waals surface area contributed by atoms with Crippen LogP contribution in [0.1, 0.15) is 23.8 Å². The van der Waals surface area contributed by atoms with Gasteiger partial charge in [0.2, 0.25) is 0 Å². The molecular formula is C12H15N3O3. The van der Waals surface area contributed by atoms with Crippen LogP contribution < -0.4 is 5.73 Å². The lowest BCUT2D eigenvalue weighted by Gasteiger charge is -2.22. The van der Waals surface area contributed by atoms with E-state index in [1.165, 1.54) is 17.2 Å². The molecule has 0 radical (unpaired) electrons. The Morgan fingerprint density at radius 2 is 2.22 bits per heavy atom. The number of pyridine rings is 1. The molecule has 1 fully saturated rings. The summed E-state index contributed by atoms with van der Waals surface area (Å²) in [4.78, 5) is 28.7. The van der Waals surface area contributed by atoms with Crippen LogP contribution in [0.2, 0.25) is 0 Å². The summed E-state index contributed by atoms with van der Waals surface area (Å²) in [5, 5.41) is 9.16. The van der Waals surface area contributed by atoms with Gasteiger partial charge in [0.25, 0.3) is 5.91 Å². The molecule has 6 nitrogen and oxygen atoms in total. The summed E-state index contributed by atoms with van der Waals surface area (Å²) >= 11 is 0. The maximum Gasteiger partial charge on any atom is 0.326 e. The largest absolute Gasteiger partial charge is 0.480 e. The van der Waals surface area contributed by atoms with E-state index < -0.39 is 12.0 Å². The highest BCUT2D eigenvalue weighted by atomic mass is 16.4. The summed E-state index contributed by atoms with van der Waals surface area (Å²) in [6, 6.07) is 2.33. The molecule has 18 heavy (non-hydrogen) atoms. The Balaban J connectivity index is 2.23. The number of carbonyl (C=O) groups excluding carboxylic acids is 1. The van der Waals surface area contributed by atoms with E-state index in [0.29, 0.717) is 18.7 Å². The highest BCUT2D eigenvalue weighted by Crippen LogP contribution is 2.25. The van der Waals surface area contributed by atoms with Gasteiger partial charge in [-0.2, -0.15) is 0 Å². The van der Waals surface area contributed by atoms with Gasteiger partial charge in [-0.15, -0.1) is 0 Å². The normalized spacial score (nSPS) is 23.1. The number of nitrogens with two attached hydrogens (primary N) is 1. The van der Waals surface area contributed by atoms with Crippen LogP contribution in [0.3, 0.4) is 0 Å². The molecule has 0 aliphatic carbocycles. The van der Waals surface area contributed by atoms with E-state index in [9.17, 15) is 9.59 Å². The first-order valence-electron chi connectivity index (χ1n) is 5.76. The Morgan fingerprint density at radius 3 is 2.78 bits per heavy atom. The number of aromatic nitrogens is 1. The molecular weight excluding hydrogens is 234 g/mol. The van der Waals surface area contributed by atoms with Gasteiger partial charge in [0.15, 0.2) is 0 Å². The fourth-order valence-corrected chi connectivity index (χ4v) is 2.23. The van der Waals surface area contributed by atoms with Crippen LogP contribution >= 0.6 is 0 Å². The Kier molecular flexibility index (Phi) is 3.18. The SMILES string of the molecule is CC1CCN(C(=O)c2ccc(N)cn2)C1C(=O)O. The molecule has 0 aromatic carbocycles. The Hall–Kier alpha value is -2.11. The number of anilines is 1. The number of amides is 1. The van der Waals surface area contributed by atoms with E-state index in [4.69, 9.17) is 10.8 Å². The molecule has 2 rings (SSSR count). The molecule has 0 saturated carbocycles. The van der Waals surface area contributed by atoms with Gasteiger partial charge < -0.3 is 15.7 Å². The van der Waals surface area contributed by atoms with Gasteiger partial charge in [-0.3, -0.25) is 4.79 Å². The van der Waals surface area contributed by atoms with Crippen LogP contribution in [0.4, 0.5) is 5.69 Å². The van der Waals surface area contributed by atoms with Crippen molar-refractivity contribution in [2.45, 2.75) is 19.4 Å². The summed E-state index contributed by atoms with van der Waals surface area (Å²) in [5.74, 6) is -1.37. The summed E-state index contributed by atoms with van der Waals surface area (Å²) in [6.07, 6.45) is 2.08. The van der Waals surface area contributed by atoms with Crippen LogP contribution in [-0.4, -0.2) is 39.5 Å². The quantitative estimate of drug-likeness (QED) is 0.800. The summed E-state index contributed by atoms with van der Waals surface area (Å²) in [5.41, 5.74) is 6.19. The minimum Gasteiger partial charge on any atom is -0.480 e. The molecule has 0 spiro atoms. The van der Waals surface area contributed by atoms with E-state index in [2.05, 4.69) is 4.98 Å². The summed E-state index contributed by atoms with van der Waals surface area (Å²) < 4.78 is 0. The third kappa shape index (κ3) is 2.13. The van der Waals surface area contributed by atoms with Gasteiger partial charge in [-0.05, 0) is 24.5 Å². The van der Waals surface area contributed by atoms with Crippen molar-refractivity contribution in [3.8, 4) is 0 Å². The zero-order chi connectivity index (χ0) is 13.3. The maximum absolute atomic E-state index is 12.2. The lowest BCUT2D eigenvalue weighted by atomic mass is 10.0. The molecule has 2 atom stereocenters. The number of likely N-dealkylation sites (tertiary alicyclic amines) is 1. The standard InChI is InChI=1S/C12H15N3O3/c1-7-4-5-15(10(7)12(17)18)11(16)9-3-2-8(13)6-14-9/h2-3,6-7,10H,4-5,13H2,1H3,(H,17,18). The van der Waals surface area contributed by atoms with Crippen LogP contribution in [0.15, 0.2) is 18.3 Å². The number of carboxylic acids is 1. The molecule has 1 aliphatic rings. The van der Waals surface area contributed by atoms with Crippen molar-refractivity contribution in [1.29, 1.82) is 0 Å². The van der Waals surface area contributed by atoms with E-state index in [1.807, 2.05) is 6.92 Å². The molecule has 96 valence electrons. The van der Waals surface area contributed by atoms with E-state index in [1.54, 1.807) is 6.07 Å². The van der Waals surface area contributed by atoms with Gasteiger partial charge in [-0.1, -0.05) is 6.92 Å². The predicted molar refractivity (Wildman–Crippen MR) is 64.9 cm³/mol. The molecule has 3 N–H and O–H groups in total. The fourth-order valence-electron chi connectivity index (χ4n) is 2.23. The number of nitrogen functional groups attached to an aromatic ring is 1. The van der Waals surface area contributed by atoms with E-state index >= 15 is 0 Å². The molecule has 1 aliphatic heterocycles. The van der Waals surface area contributed by atoms with Crippen LogP contribution in [0.5, 0.6) is 0 Å². The second kappa shape index (κ2) is 4.64. The first-order chi connectivity index (χ1) is 8.50. The van der Waals surface area contributed by atoms with Gasteiger partial charge in [0.1, 0.15) is 11.7 Å². The zero-order valence-corrected chi connectivity index (χ0v) is 10.0. The zero-order valence-electron chi connectivity index (χ0n) is 10.0. The van der Waals surface area contributed by atoms with Crippen LogP contribution in [-0.2, 0) is 4.79 Å². The van der Waals surface area contributed by atoms with Crippen molar-refractivity contribution in [2.75, 3.05) is 12.3 Å². The molecule has 1 amide bonds. The predicted octanol–water partition coefficient (Wildman–Crippen LogP) is 0.599. The number of carbonyl (C=O) groups is 2. The molecule has 1 aromatic rings. The number of nitrogens with zero attached hydrogens (tertiary/aromatic N) is 2. The minimum absolute atomic E-state index is 0.0415. The van der Waals surface area contributed by atoms with Gasteiger partial charge >= 0.3 is 5.97 Å².